The Morgan fingerprint density at radius 1 is 1.30 bits per heavy atom. The Hall–Kier alpha value is -0.780. The van der Waals surface area contributed by atoms with Crippen molar-refractivity contribution < 1.29 is 8.42 Å². The predicted molar refractivity (Wildman–Crippen MR) is 82.3 cm³/mol. The number of hydrogen-bond donors (Lipinski definition) is 2. The molecule has 112 valence electrons. The molecular weight excluding hydrogens is 296 g/mol. The van der Waals surface area contributed by atoms with Crippen LogP contribution in [0, 0.1) is 18.8 Å². The molecule has 0 heterocycles. The van der Waals surface area contributed by atoms with Crippen molar-refractivity contribution >= 4 is 27.3 Å². The van der Waals surface area contributed by atoms with E-state index in [1.165, 1.54) is 6.07 Å². The third-order valence-electron chi connectivity index (χ3n) is 4.43. The molecule has 0 saturated heterocycles. The van der Waals surface area contributed by atoms with Gasteiger partial charge in [-0.3, -0.25) is 0 Å². The molecule has 20 heavy (non-hydrogen) atoms. The summed E-state index contributed by atoms with van der Waals surface area (Å²) in [6, 6.07) is 3.00. The molecule has 1 saturated carbocycles. The number of nitrogens with two attached hydrogens (primary N) is 1. The van der Waals surface area contributed by atoms with Gasteiger partial charge < -0.3 is 5.73 Å². The summed E-state index contributed by atoms with van der Waals surface area (Å²) in [6.45, 7) is 5.94. The quantitative estimate of drug-likeness (QED) is 0.842. The van der Waals surface area contributed by atoms with E-state index in [1.807, 2.05) is 0 Å². The van der Waals surface area contributed by atoms with Crippen LogP contribution >= 0.6 is 11.6 Å². The first-order chi connectivity index (χ1) is 9.22. The molecule has 0 amide bonds. The fourth-order valence-electron chi connectivity index (χ4n) is 2.75. The molecule has 3 N–H and O–H groups in total. The van der Waals surface area contributed by atoms with Gasteiger partial charge in [0.05, 0.1) is 4.90 Å². The van der Waals surface area contributed by atoms with Crippen molar-refractivity contribution in [3.63, 3.8) is 0 Å². The molecule has 4 nitrogen and oxygen atoms in total. The highest BCUT2D eigenvalue weighted by molar-refractivity contribution is 7.89. The van der Waals surface area contributed by atoms with Crippen LogP contribution in [0.5, 0.6) is 0 Å². The van der Waals surface area contributed by atoms with E-state index in [-0.39, 0.29) is 10.9 Å². The van der Waals surface area contributed by atoms with E-state index < -0.39 is 10.0 Å². The Labute approximate surface area is 125 Å². The molecule has 0 radical (unpaired) electrons. The third-order valence-corrected chi connectivity index (χ3v) is 6.26. The van der Waals surface area contributed by atoms with Gasteiger partial charge in [0.2, 0.25) is 10.0 Å². The molecule has 1 fully saturated rings. The van der Waals surface area contributed by atoms with Crippen LogP contribution in [0.2, 0.25) is 5.02 Å². The van der Waals surface area contributed by atoms with Crippen molar-refractivity contribution in [2.24, 2.45) is 11.8 Å². The van der Waals surface area contributed by atoms with Gasteiger partial charge >= 0.3 is 0 Å². The highest BCUT2D eigenvalue weighted by Crippen LogP contribution is 2.33. The van der Waals surface area contributed by atoms with Crippen molar-refractivity contribution in [2.75, 3.05) is 5.73 Å². The van der Waals surface area contributed by atoms with Crippen LogP contribution in [0.3, 0.4) is 0 Å². The lowest BCUT2D eigenvalue weighted by Gasteiger charge is -2.20. The van der Waals surface area contributed by atoms with Crippen molar-refractivity contribution in [3.8, 4) is 0 Å². The average Bonchev–Trinajstić information content (AvgIpc) is 2.65. The van der Waals surface area contributed by atoms with Gasteiger partial charge in [0.1, 0.15) is 0 Å². The van der Waals surface area contributed by atoms with Crippen molar-refractivity contribution in [1.29, 1.82) is 0 Å². The molecule has 2 rings (SSSR count). The van der Waals surface area contributed by atoms with Crippen LogP contribution < -0.4 is 10.5 Å². The summed E-state index contributed by atoms with van der Waals surface area (Å²) >= 11 is 5.92. The number of anilines is 1. The minimum absolute atomic E-state index is 0.0189. The summed E-state index contributed by atoms with van der Waals surface area (Å²) in [5, 5.41) is 0.335. The Kier molecular flexibility index (Phi) is 4.33. The maximum absolute atomic E-state index is 12.5. The molecule has 1 aromatic rings. The molecular formula is C14H21ClN2O2S. The number of rotatable bonds is 3. The fraction of sp³-hybridized carbons (Fsp3) is 0.571. The first-order valence-corrected chi connectivity index (χ1v) is 8.66. The summed E-state index contributed by atoms with van der Waals surface area (Å²) in [5.74, 6) is 0.870. The van der Waals surface area contributed by atoms with E-state index in [9.17, 15) is 8.42 Å². The monoisotopic (exact) mass is 316 g/mol. The van der Waals surface area contributed by atoms with Crippen LogP contribution in [0.1, 0.15) is 32.3 Å². The van der Waals surface area contributed by atoms with Crippen molar-refractivity contribution in [3.05, 3.63) is 22.7 Å². The molecule has 1 aromatic carbocycles. The van der Waals surface area contributed by atoms with Crippen molar-refractivity contribution in [2.45, 2.75) is 44.6 Å². The van der Waals surface area contributed by atoms with Crippen LogP contribution in [0.15, 0.2) is 17.0 Å². The van der Waals surface area contributed by atoms with Crippen LogP contribution in [0.25, 0.3) is 0 Å². The summed E-state index contributed by atoms with van der Waals surface area (Å²) in [5.41, 5.74) is 6.74. The number of sulfonamides is 1. The van der Waals surface area contributed by atoms with Gasteiger partial charge in [-0.2, -0.15) is 0 Å². The van der Waals surface area contributed by atoms with Gasteiger partial charge in [-0.15, -0.1) is 0 Å². The Morgan fingerprint density at radius 2 is 1.95 bits per heavy atom. The van der Waals surface area contributed by atoms with Gasteiger partial charge in [-0.1, -0.05) is 25.4 Å². The lowest BCUT2D eigenvalue weighted by Crippen LogP contribution is -2.37. The zero-order valence-corrected chi connectivity index (χ0v) is 13.6. The van der Waals surface area contributed by atoms with Gasteiger partial charge in [0.25, 0.3) is 0 Å². The molecule has 0 bridgehead atoms. The molecule has 0 spiro atoms. The first kappa shape index (κ1) is 15.6. The maximum Gasteiger partial charge on any atom is 0.241 e. The topological polar surface area (TPSA) is 72.2 Å². The molecule has 0 aromatic heterocycles. The first-order valence-electron chi connectivity index (χ1n) is 6.80. The van der Waals surface area contributed by atoms with E-state index in [4.69, 9.17) is 17.3 Å². The highest BCUT2D eigenvalue weighted by atomic mass is 35.5. The van der Waals surface area contributed by atoms with Gasteiger partial charge in [0, 0.05) is 16.8 Å². The zero-order valence-electron chi connectivity index (χ0n) is 12.0. The summed E-state index contributed by atoms with van der Waals surface area (Å²) in [4.78, 5) is 0.175. The molecule has 1 aliphatic rings. The van der Waals surface area contributed by atoms with Crippen LogP contribution in [-0.2, 0) is 10.0 Å². The van der Waals surface area contributed by atoms with Crippen LogP contribution in [-0.4, -0.2) is 14.5 Å². The van der Waals surface area contributed by atoms with E-state index in [0.717, 1.165) is 12.8 Å². The fourth-order valence-corrected chi connectivity index (χ4v) is 4.70. The second kappa shape index (κ2) is 5.54. The minimum Gasteiger partial charge on any atom is -0.398 e. The van der Waals surface area contributed by atoms with Gasteiger partial charge in [0.15, 0.2) is 0 Å². The molecule has 6 heteroatoms. The van der Waals surface area contributed by atoms with Crippen LogP contribution in [0.4, 0.5) is 5.69 Å². The summed E-state index contributed by atoms with van der Waals surface area (Å²) < 4.78 is 27.9. The normalized spacial score (nSPS) is 26.9. The molecule has 1 aliphatic carbocycles. The largest absolute Gasteiger partial charge is 0.398 e. The molecule has 3 unspecified atom stereocenters. The molecule has 3 atom stereocenters. The minimum atomic E-state index is -3.59. The second-order valence-corrected chi connectivity index (χ2v) is 7.88. The average molecular weight is 317 g/mol. The lowest BCUT2D eigenvalue weighted by atomic mass is 9.98. The maximum atomic E-state index is 12.5. The van der Waals surface area contributed by atoms with Gasteiger partial charge in [-0.05, 0) is 49.3 Å². The van der Waals surface area contributed by atoms with E-state index >= 15 is 0 Å². The summed E-state index contributed by atoms with van der Waals surface area (Å²) in [6.07, 6.45) is 1.92. The Morgan fingerprint density at radius 3 is 2.50 bits per heavy atom. The highest BCUT2D eigenvalue weighted by Gasteiger charge is 2.33. The lowest BCUT2D eigenvalue weighted by molar-refractivity contribution is 0.402. The predicted octanol–water partition coefficient (Wildman–Crippen LogP) is 2.94. The van der Waals surface area contributed by atoms with E-state index in [2.05, 4.69) is 18.6 Å². The van der Waals surface area contributed by atoms with E-state index in [0.29, 0.717) is 28.1 Å². The Bertz CT molecular complexity index is 616. The number of benzene rings is 1. The zero-order chi connectivity index (χ0) is 15.1. The number of halogens is 1. The van der Waals surface area contributed by atoms with Crippen molar-refractivity contribution in [1.82, 2.24) is 4.72 Å². The van der Waals surface area contributed by atoms with E-state index in [1.54, 1.807) is 13.0 Å². The third kappa shape index (κ3) is 2.95. The second-order valence-electron chi connectivity index (χ2n) is 5.76. The number of hydrogen-bond acceptors (Lipinski definition) is 3. The Balaban J connectivity index is 2.32. The number of nitrogen functional groups attached to an aromatic ring is 1. The molecule has 0 aliphatic heterocycles. The summed E-state index contributed by atoms with van der Waals surface area (Å²) in [7, 11) is -3.59. The SMILES string of the molecule is Cc1c(N)cc(Cl)cc1S(=O)(=O)NC1CCC(C)C1C. The smallest absolute Gasteiger partial charge is 0.241 e. The standard InChI is InChI=1S/C14H21ClN2O2S/c1-8-4-5-13(9(8)2)17-20(18,19)14-7-11(15)6-12(16)10(14)3/h6-9,13,17H,4-5,16H2,1-3H3. The number of nitrogens with one attached hydrogen (secondary N) is 1. The van der Waals surface area contributed by atoms with Gasteiger partial charge in [-0.25, -0.2) is 13.1 Å².